The molecule has 23 heavy (non-hydrogen) atoms. The number of allylic oxidation sites excluding steroid dienone is 1. The molecule has 0 saturated carbocycles. The molecule has 0 fully saturated rings. The van der Waals surface area contributed by atoms with E-state index in [0.717, 1.165) is 0 Å². The van der Waals surface area contributed by atoms with E-state index in [-0.39, 0.29) is 6.42 Å². The molecule has 0 saturated heterocycles. The van der Waals surface area contributed by atoms with Crippen molar-refractivity contribution in [2.45, 2.75) is 25.3 Å². The maximum absolute atomic E-state index is 12.1. The largest absolute Gasteiger partial charge is 0.486 e. The van der Waals surface area contributed by atoms with Crippen LogP contribution >= 0.6 is 11.6 Å². The maximum atomic E-state index is 12.1. The van der Waals surface area contributed by atoms with Crippen LogP contribution in [0.15, 0.2) is 24.8 Å². The van der Waals surface area contributed by atoms with E-state index in [1.54, 1.807) is 18.2 Å². The minimum Gasteiger partial charge on any atom is -0.486 e. The van der Waals surface area contributed by atoms with E-state index < -0.39 is 17.9 Å². The van der Waals surface area contributed by atoms with Gasteiger partial charge >= 0.3 is 5.97 Å². The summed E-state index contributed by atoms with van der Waals surface area (Å²) in [7, 11) is 0. The Morgan fingerprint density at radius 1 is 1.39 bits per heavy atom. The monoisotopic (exact) mass is 339 g/mol. The first kappa shape index (κ1) is 17.1. The molecular weight excluding hydrogens is 322 g/mol. The van der Waals surface area contributed by atoms with Gasteiger partial charge in [0.1, 0.15) is 19.3 Å². The normalized spacial score (nSPS) is 14.0. The Labute approximate surface area is 139 Å². The molecule has 0 aliphatic carbocycles. The van der Waals surface area contributed by atoms with E-state index in [2.05, 4.69) is 11.9 Å². The topological polar surface area (TPSA) is 84.9 Å². The molecule has 1 aromatic carbocycles. The van der Waals surface area contributed by atoms with Crippen molar-refractivity contribution in [1.29, 1.82) is 0 Å². The van der Waals surface area contributed by atoms with E-state index in [9.17, 15) is 9.59 Å². The fraction of sp³-hybridized carbons (Fsp3) is 0.375. The Morgan fingerprint density at radius 3 is 2.83 bits per heavy atom. The Hall–Kier alpha value is -2.21. The molecule has 1 unspecified atom stereocenters. The SMILES string of the molecule is C=CCCC(NC(=O)Cc1cc(Cl)c2c(c1)OCCO2)C(=O)O. The van der Waals surface area contributed by atoms with Crippen LogP contribution in [0, 0.1) is 0 Å². The molecule has 0 bridgehead atoms. The van der Waals surface area contributed by atoms with Crippen molar-refractivity contribution in [3.05, 3.63) is 35.4 Å². The molecule has 0 aromatic heterocycles. The van der Waals surface area contributed by atoms with Gasteiger partial charge in [-0.05, 0) is 30.5 Å². The maximum Gasteiger partial charge on any atom is 0.326 e. The average Bonchev–Trinajstić information content (AvgIpc) is 2.51. The second kappa shape index (κ2) is 7.87. The van der Waals surface area contributed by atoms with E-state index in [1.165, 1.54) is 0 Å². The summed E-state index contributed by atoms with van der Waals surface area (Å²) in [5, 5.41) is 12.0. The summed E-state index contributed by atoms with van der Waals surface area (Å²) >= 11 is 6.11. The third-order valence-corrected chi connectivity index (χ3v) is 3.59. The molecule has 2 N–H and O–H groups in total. The van der Waals surface area contributed by atoms with Gasteiger partial charge in [0.25, 0.3) is 0 Å². The van der Waals surface area contributed by atoms with Gasteiger partial charge in [-0.3, -0.25) is 4.79 Å². The van der Waals surface area contributed by atoms with Crippen molar-refractivity contribution in [3.8, 4) is 11.5 Å². The highest BCUT2D eigenvalue weighted by molar-refractivity contribution is 6.32. The standard InChI is InChI=1S/C16H18ClNO5/c1-2-3-4-12(16(20)21)18-14(19)9-10-7-11(17)15-13(8-10)22-5-6-23-15/h2,7-8,12H,1,3-6,9H2,(H,18,19)(H,20,21). The highest BCUT2D eigenvalue weighted by atomic mass is 35.5. The number of amides is 1. The number of carbonyl (C=O) groups excluding carboxylic acids is 1. The summed E-state index contributed by atoms with van der Waals surface area (Å²) in [6, 6.07) is 2.36. The highest BCUT2D eigenvalue weighted by Gasteiger charge is 2.21. The lowest BCUT2D eigenvalue weighted by Gasteiger charge is -2.20. The van der Waals surface area contributed by atoms with Crippen molar-refractivity contribution in [3.63, 3.8) is 0 Å². The van der Waals surface area contributed by atoms with E-state index in [0.29, 0.717) is 48.1 Å². The molecular formula is C16H18ClNO5. The number of carboxylic acids is 1. The number of rotatable bonds is 7. The smallest absolute Gasteiger partial charge is 0.326 e. The molecule has 124 valence electrons. The molecule has 7 heteroatoms. The van der Waals surface area contributed by atoms with Crippen LogP contribution in [0.5, 0.6) is 11.5 Å². The predicted molar refractivity (Wildman–Crippen MR) is 85.1 cm³/mol. The summed E-state index contributed by atoms with van der Waals surface area (Å²) in [5.41, 5.74) is 0.629. The van der Waals surface area contributed by atoms with Gasteiger partial charge in [-0.15, -0.1) is 6.58 Å². The van der Waals surface area contributed by atoms with Crippen molar-refractivity contribution in [1.82, 2.24) is 5.32 Å². The molecule has 1 aromatic rings. The zero-order valence-electron chi connectivity index (χ0n) is 12.5. The first-order chi connectivity index (χ1) is 11.0. The Bertz CT molecular complexity index is 617. The fourth-order valence-corrected chi connectivity index (χ4v) is 2.53. The number of benzene rings is 1. The van der Waals surface area contributed by atoms with Crippen molar-refractivity contribution >= 4 is 23.5 Å². The van der Waals surface area contributed by atoms with Gasteiger partial charge in [-0.2, -0.15) is 0 Å². The zero-order valence-corrected chi connectivity index (χ0v) is 13.3. The third kappa shape index (κ3) is 4.63. The molecule has 6 nitrogen and oxygen atoms in total. The van der Waals surface area contributed by atoms with Crippen LogP contribution in [-0.2, 0) is 16.0 Å². The van der Waals surface area contributed by atoms with Crippen molar-refractivity contribution in [2.24, 2.45) is 0 Å². The number of aliphatic carboxylic acids is 1. The lowest BCUT2D eigenvalue weighted by molar-refractivity contribution is -0.141. The number of fused-ring (bicyclic) bond motifs is 1. The van der Waals surface area contributed by atoms with Crippen LogP contribution in [0.4, 0.5) is 0 Å². The summed E-state index contributed by atoms with van der Waals surface area (Å²) in [6.45, 7) is 4.39. The molecule has 0 spiro atoms. The van der Waals surface area contributed by atoms with Gasteiger partial charge < -0.3 is 19.9 Å². The lowest BCUT2D eigenvalue weighted by Crippen LogP contribution is -2.41. The molecule has 1 amide bonds. The third-order valence-electron chi connectivity index (χ3n) is 3.31. The second-order valence-corrected chi connectivity index (χ2v) is 5.51. The van der Waals surface area contributed by atoms with Crippen molar-refractivity contribution < 1.29 is 24.2 Å². The van der Waals surface area contributed by atoms with Crippen LogP contribution in [0.3, 0.4) is 0 Å². The summed E-state index contributed by atoms with van der Waals surface area (Å²) in [6.07, 6.45) is 2.43. The molecule has 2 rings (SSSR count). The molecule has 1 aliphatic rings. The van der Waals surface area contributed by atoms with Gasteiger partial charge in [0.05, 0.1) is 11.4 Å². The molecule has 1 atom stereocenters. The molecule has 1 heterocycles. The number of hydrogen-bond donors (Lipinski definition) is 2. The lowest BCUT2D eigenvalue weighted by atomic mass is 10.1. The number of hydrogen-bond acceptors (Lipinski definition) is 4. The minimum atomic E-state index is -1.07. The van der Waals surface area contributed by atoms with Gasteiger partial charge in [0, 0.05) is 0 Å². The predicted octanol–water partition coefficient (Wildman–Crippen LogP) is 2.19. The Kier molecular flexibility index (Phi) is 5.87. The molecule has 0 radical (unpaired) electrons. The quantitative estimate of drug-likeness (QED) is 0.744. The second-order valence-electron chi connectivity index (χ2n) is 5.10. The van der Waals surface area contributed by atoms with Crippen LogP contribution in [0.1, 0.15) is 18.4 Å². The number of ether oxygens (including phenoxy) is 2. The van der Waals surface area contributed by atoms with Crippen LogP contribution < -0.4 is 14.8 Å². The van der Waals surface area contributed by atoms with E-state index in [1.807, 2.05) is 0 Å². The Morgan fingerprint density at radius 2 is 2.13 bits per heavy atom. The first-order valence-corrected chi connectivity index (χ1v) is 7.60. The number of halogens is 1. The van der Waals surface area contributed by atoms with Gasteiger partial charge in [0.15, 0.2) is 11.5 Å². The van der Waals surface area contributed by atoms with E-state index in [4.69, 9.17) is 26.2 Å². The zero-order chi connectivity index (χ0) is 16.8. The van der Waals surface area contributed by atoms with Crippen LogP contribution in [-0.4, -0.2) is 36.2 Å². The number of nitrogens with one attached hydrogen (secondary N) is 1. The fourth-order valence-electron chi connectivity index (χ4n) is 2.24. The highest BCUT2D eigenvalue weighted by Crippen LogP contribution is 2.38. The summed E-state index contributed by atoms with van der Waals surface area (Å²) in [4.78, 5) is 23.2. The number of carbonyl (C=O) groups is 2. The van der Waals surface area contributed by atoms with Gasteiger partial charge in [-0.25, -0.2) is 4.79 Å². The van der Waals surface area contributed by atoms with E-state index >= 15 is 0 Å². The first-order valence-electron chi connectivity index (χ1n) is 7.22. The minimum absolute atomic E-state index is 0.00816. The van der Waals surface area contributed by atoms with Crippen molar-refractivity contribution in [2.75, 3.05) is 13.2 Å². The molecule has 1 aliphatic heterocycles. The number of carboxylic acid groups (broad SMARTS) is 1. The average molecular weight is 340 g/mol. The summed E-state index contributed by atoms with van der Waals surface area (Å²) < 4.78 is 10.9. The summed E-state index contributed by atoms with van der Waals surface area (Å²) in [5.74, 6) is -0.501. The van der Waals surface area contributed by atoms with Crippen LogP contribution in [0.25, 0.3) is 0 Å². The van der Waals surface area contributed by atoms with Gasteiger partial charge in [-0.1, -0.05) is 17.7 Å². The van der Waals surface area contributed by atoms with Crippen LogP contribution in [0.2, 0.25) is 5.02 Å². The Balaban J connectivity index is 2.03. The van der Waals surface area contributed by atoms with Gasteiger partial charge in [0.2, 0.25) is 5.91 Å².